The second-order valence-corrected chi connectivity index (χ2v) is 5.60. The van der Waals surface area contributed by atoms with Gasteiger partial charge >= 0.3 is 5.97 Å². The van der Waals surface area contributed by atoms with Gasteiger partial charge in [0.05, 0.1) is 26.7 Å². The summed E-state index contributed by atoms with van der Waals surface area (Å²) in [6, 6.07) is 11.4. The molecule has 2 N–H and O–H groups in total. The Bertz CT molecular complexity index is 755. The fourth-order valence-electron chi connectivity index (χ4n) is 2.44. The van der Waals surface area contributed by atoms with E-state index in [-0.39, 0.29) is 12.3 Å². The van der Waals surface area contributed by atoms with Gasteiger partial charge in [0.25, 0.3) is 5.91 Å². The number of carboxylic acid groups (broad SMARTS) is 1. The van der Waals surface area contributed by atoms with Crippen LogP contribution >= 0.6 is 0 Å². The highest BCUT2D eigenvalue weighted by Gasteiger charge is 2.20. The maximum absolute atomic E-state index is 12.4. The molecule has 0 bridgehead atoms. The molecular formula is C19H21NO5. The van der Waals surface area contributed by atoms with Gasteiger partial charge in [-0.1, -0.05) is 23.8 Å². The first-order chi connectivity index (χ1) is 11.9. The van der Waals surface area contributed by atoms with E-state index in [2.05, 4.69) is 5.32 Å². The molecule has 0 aliphatic rings. The van der Waals surface area contributed by atoms with Crippen molar-refractivity contribution >= 4 is 11.9 Å². The summed E-state index contributed by atoms with van der Waals surface area (Å²) in [5.74, 6) is -0.338. The molecule has 0 aromatic heterocycles. The van der Waals surface area contributed by atoms with Gasteiger partial charge in [-0.3, -0.25) is 9.59 Å². The van der Waals surface area contributed by atoms with Gasteiger partial charge in [0.1, 0.15) is 0 Å². The number of hydrogen-bond donors (Lipinski definition) is 2. The summed E-state index contributed by atoms with van der Waals surface area (Å²) < 4.78 is 10.4. The smallest absolute Gasteiger partial charge is 0.305 e. The fourth-order valence-corrected chi connectivity index (χ4v) is 2.44. The van der Waals surface area contributed by atoms with Crippen LogP contribution in [0.5, 0.6) is 11.5 Å². The molecule has 0 unspecified atom stereocenters. The summed E-state index contributed by atoms with van der Waals surface area (Å²) >= 11 is 0. The Morgan fingerprint density at radius 2 is 1.68 bits per heavy atom. The molecule has 6 nitrogen and oxygen atoms in total. The van der Waals surface area contributed by atoms with Crippen molar-refractivity contribution in [3.8, 4) is 11.5 Å². The molecule has 0 aliphatic heterocycles. The normalized spacial score (nSPS) is 11.5. The number of methoxy groups -OCH3 is 2. The molecule has 0 aliphatic carbocycles. The van der Waals surface area contributed by atoms with Crippen LogP contribution in [-0.4, -0.2) is 31.2 Å². The van der Waals surface area contributed by atoms with Crippen molar-refractivity contribution in [3.63, 3.8) is 0 Å². The number of benzene rings is 2. The second kappa shape index (κ2) is 8.19. The fraction of sp³-hybridized carbons (Fsp3) is 0.263. The van der Waals surface area contributed by atoms with Gasteiger partial charge in [-0.25, -0.2) is 0 Å². The number of rotatable bonds is 7. The van der Waals surface area contributed by atoms with Crippen LogP contribution in [0.4, 0.5) is 0 Å². The number of nitrogens with one attached hydrogen (secondary N) is 1. The van der Waals surface area contributed by atoms with E-state index in [4.69, 9.17) is 9.47 Å². The van der Waals surface area contributed by atoms with Gasteiger partial charge in [-0.15, -0.1) is 0 Å². The molecule has 2 aromatic carbocycles. The van der Waals surface area contributed by atoms with Gasteiger partial charge in [0.2, 0.25) is 0 Å². The largest absolute Gasteiger partial charge is 0.493 e. The first-order valence-corrected chi connectivity index (χ1v) is 7.76. The summed E-state index contributed by atoms with van der Waals surface area (Å²) in [5.41, 5.74) is 2.14. The molecule has 0 heterocycles. The van der Waals surface area contributed by atoms with E-state index in [1.807, 2.05) is 19.1 Å². The van der Waals surface area contributed by atoms with Crippen LogP contribution in [-0.2, 0) is 4.79 Å². The van der Waals surface area contributed by atoms with Crippen molar-refractivity contribution in [1.82, 2.24) is 5.32 Å². The van der Waals surface area contributed by atoms with E-state index in [1.165, 1.54) is 14.2 Å². The maximum Gasteiger partial charge on any atom is 0.305 e. The number of aryl methyl sites for hydroxylation is 1. The predicted molar refractivity (Wildman–Crippen MR) is 93.2 cm³/mol. The molecule has 1 amide bonds. The van der Waals surface area contributed by atoms with E-state index < -0.39 is 12.0 Å². The van der Waals surface area contributed by atoms with E-state index in [0.717, 1.165) is 5.56 Å². The van der Waals surface area contributed by atoms with Gasteiger partial charge in [0.15, 0.2) is 11.5 Å². The van der Waals surface area contributed by atoms with Gasteiger partial charge in [-0.2, -0.15) is 0 Å². The first kappa shape index (κ1) is 18.3. The third-order valence-electron chi connectivity index (χ3n) is 3.81. The Balaban J connectivity index is 2.28. The van der Waals surface area contributed by atoms with E-state index in [9.17, 15) is 14.7 Å². The van der Waals surface area contributed by atoms with Crippen molar-refractivity contribution in [2.75, 3.05) is 14.2 Å². The summed E-state index contributed by atoms with van der Waals surface area (Å²) in [5, 5.41) is 12.0. The minimum atomic E-state index is -1.01. The monoisotopic (exact) mass is 343 g/mol. The minimum absolute atomic E-state index is 0.243. The van der Waals surface area contributed by atoms with Crippen molar-refractivity contribution < 1.29 is 24.2 Å². The van der Waals surface area contributed by atoms with E-state index in [0.29, 0.717) is 22.6 Å². The van der Waals surface area contributed by atoms with Crippen LogP contribution in [0.2, 0.25) is 0 Å². The molecule has 0 fully saturated rings. The summed E-state index contributed by atoms with van der Waals surface area (Å²) in [6.07, 6.45) is -0.243. The van der Waals surface area contributed by atoms with Crippen molar-refractivity contribution in [1.29, 1.82) is 0 Å². The Morgan fingerprint density at radius 3 is 2.24 bits per heavy atom. The first-order valence-electron chi connectivity index (χ1n) is 7.76. The van der Waals surface area contributed by atoms with Crippen LogP contribution < -0.4 is 14.8 Å². The quantitative estimate of drug-likeness (QED) is 0.807. The number of aliphatic carboxylic acids is 1. The molecule has 2 aromatic rings. The third-order valence-corrected chi connectivity index (χ3v) is 3.81. The number of ether oxygens (including phenoxy) is 2. The van der Waals surface area contributed by atoms with Crippen molar-refractivity contribution in [2.24, 2.45) is 0 Å². The minimum Gasteiger partial charge on any atom is -0.493 e. The zero-order valence-electron chi connectivity index (χ0n) is 14.4. The number of hydrogen-bond acceptors (Lipinski definition) is 4. The predicted octanol–water partition coefficient (Wildman–Crippen LogP) is 2.96. The average molecular weight is 343 g/mol. The zero-order chi connectivity index (χ0) is 18.4. The topological polar surface area (TPSA) is 84.9 Å². The second-order valence-electron chi connectivity index (χ2n) is 5.60. The lowest BCUT2D eigenvalue weighted by Crippen LogP contribution is -2.30. The van der Waals surface area contributed by atoms with Crippen LogP contribution in [0.1, 0.15) is 33.9 Å². The molecule has 0 saturated heterocycles. The summed E-state index contributed by atoms with van der Waals surface area (Å²) in [6.45, 7) is 1.93. The lowest BCUT2D eigenvalue weighted by Gasteiger charge is -2.19. The Hall–Kier alpha value is -3.02. The molecule has 0 radical (unpaired) electrons. The maximum atomic E-state index is 12.4. The van der Waals surface area contributed by atoms with Gasteiger partial charge < -0.3 is 19.9 Å². The van der Waals surface area contributed by atoms with Crippen LogP contribution in [0.15, 0.2) is 42.5 Å². The van der Waals surface area contributed by atoms with Crippen LogP contribution in [0.3, 0.4) is 0 Å². The van der Waals surface area contributed by atoms with Crippen molar-refractivity contribution in [3.05, 3.63) is 59.2 Å². The number of amides is 1. The highest BCUT2D eigenvalue weighted by molar-refractivity contribution is 5.94. The lowest BCUT2D eigenvalue weighted by molar-refractivity contribution is -0.137. The average Bonchev–Trinajstić information content (AvgIpc) is 2.60. The van der Waals surface area contributed by atoms with Crippen molar-refractivity contribution in [2.45, 2.75) is 19.4 Å². The summed E-state index contributed by atoms with van der Waals surface area (Å²) in [4.78, 5) is 23.7. The highest BCUT2D eigenvalue weighted by atomic mass is 16.5. The number of carbonyl (C=O) groups excluding carboxylic acids is 1. The zero-order valence-corrected chi connectivity index (χ0v) is 14.4. The molecule has 132 valence electrons. The molecule has 2 rings (SSSR count). The van der Waals surface area contributed by atoms with E-state index in [1.54, 1.807) is 30.3 Å². The SMILES string of the molecule is COc1ccc([C@@H](CC(=O)O)NC(=O)c2ccc(C)cc2)cc1OC. The standard InChI is InChI=1S/C19H21NO5/c1-12-4-6-13(7-5-12)19(23)20-15(11-18(21)22)14-8-9-16(24-2)17(10-14)25-3/h4-10,15H,11H2,1-3H3,(H,20,23)(H,21,22)/t15-/m1/s1. The van der Waals surface area contributed by atoms with Gasteiger partial charge in [-0.05, 0) is 36.8 Å². The summed E-state index contributed by atoms with van der Waals surface area (Å²) in [7, 11) is 3.02. The van der Waals surface area contributed by atoms with E-state index >= 15 is 0 Å². The molecule has 1 atom stereocenters. The third kappa shape index (κ3) is 4.73. The van der Waals surface area contributed by atoms with Crippen LogP contribution in [0.25, 0.3) is 0 Å². The molecule has 6 heteroatoms. The number of carbonyl (C=O) groups is 2. The molecular weight excluding hydrogens is 322 g/mol. The van der Waals surface area contributed by atoms with Gasteiger partial charge in [0, 0.05) is 5.56 Å². The molecule has 25 heavy (non-hydrogen) atoms. The Kier molecular flexibility index (Phi) is 6.00. The van der Waals surface area contributed by atoms with Crippen LogP contribution in [0, 0.1) is 6.92 Å². The molecule has 0 saturated carbocycles. The molecule has 0 spiro atoms. The lowest BCUT2D eigenvalue weighted by atomic mass is 10.0. The Morgan fingerprint density at radius 1 is 1.04 bits per heavy atom. The highest BCUT2D eigenvalue weighted by Crippen LogP contribution is 2.31. The number of carboxylic acids is 1. The Labute approximate surface area is 146 Å².